The van der Waals surface area contributed by atoms with Crippen LogP contribution in [0.5, 0.6) is 0 Å². The van der Waals surface area contributed by atoms with Crippen molar-refractivity contribution in [3.8, 4) is 0 Å². The predicted molar refractivity (Wildman–Crippen MR) is 68.9 cm³/mol. The predicted octanol–water partition coefficient (Wildman–Crippen LogP) is 1.57. The highest BCUT2D eigenvalue weighted by Gasteiger charge is 2.16. The first-order valence-electron chi connectivity index (χ1n) is 6.14. The van der Waals surface area contributed by atoms with Gasteiger partial charge in [0.2, 0.25) is 0 Å². The van der Waals surface area contributed by atoms with Gasteiger partial charge in [0, 0.05) is 25.1 Å². The molecule has 0 atom stereocenters. The maximum atomic E-state index is 12.4. The smallest absolute Gasteiger partial charge is 0.200 e. The molecule has 3 aromatic rings. The van der Waals surface area contributed by atoms with Gasteiger partial charge < -0.3 is 0 Å². The van der Waals surface area contributed by atoms with Crippen LogP contribution in [0, 0.1) is 0 Å². The molecule has 6 heteroatoms. The summed E-state index contributed by atoms with van der Waals surface area (Å²) < 4.78 is 3.41. The van der Waals surface area contributed by atoms with Gasteiger partial charge in [0.05, 0.1) is 35.2 Å². The van der Waals surface area contributed by atoms with E-state index in [1.54, 1.807) is 46.4 Å². The van der Waals surface area contributed by atoms with Crippen molar-refractivity contribution in [2.45, 2.75) is 19.9 Å². The van der Waals surface area contributed by atoms with Gasteiger partial charge in [-0.3, -0.25) is 14.5 Å². The van der Waals surface area contributed by atoms with Gasteiger partial charge in [0.25, 0.3) is 0 Å². The second-order valence-electron chi connectivity index (χ2n) is 4.29. The van der Waals surface area contributed by atoms with Crippen LogP contribution in [0.15, 0.2) is 37.2 Å². The molecule has 0 saturated heterocycles. The molecule has 6 nitrogen and oxygen atoms in total. The van der Waals surface area contributed by atoms with Crippen molar-refractivity contribution >= 4 is 11.3 Å². The van der Waals surface area contributed by atoms with E-state index in [0.29, 0.717) is 16.6 Å². The summed E-state index contributed by atoms with van der Waals surface area (Å²) >= 11 is 0. The maximum absolute atomic E-state index is 12.4. The van der Waals surface area contributed by atoms with Gasteiger partial charge in [0.15, 0.2) is 5.78 Å². The first kappa shape index (κ1) is 11.6. The zero-order valence-corrected chi connectivity index (χ0v) is 10.5. The lowest BCUT2D eigenvalue weighted by Crippen LogP contribution is -2.00. The van der Waals surface area contributed by atoms with Crippen molar-refractivity contribution in [1.29, 1.82) is 0 Å². The van der Waals surface area contributed by atoms with Gasteiger partial charge in [0.1, 0.15) is 0 Å². The molecule has 0 N–H and O–H groups in total. The Hall–Kier alpha value is -2.50. The van der Waals surface area contributed by atoms with Gasteiger partial charge in [-0.25, -0.2) is 4.52 Å². The third kappa shape index (κ3) is 2.01. The highest BCUT2D eigenvalue weighted by molar-refractivity contribution is 6.12. The summed E-state index contributed by atoms with van der Waals surface area (Å²) in [6, 6.07) is 0. The Labute approximate surface area is 109 Å². The summed E-state index contributed by atoms with van der Waals surface area (Å²) in [7, 11) is 0. The largest absolute Gasteiger partial charge is 0.288 e. The minimum absolute atomic E-state index is 0.0784. The van der Waals surface area contributed by atoms with Gasteiger partial charge in [-0.2, -0.15) is 10.2 Å². The Balaban J connectivity index is 1.98. The molecule has 3 rings (SSSR count). The van der Waals surface area contributed by atoms with E-state index in [0.717, 1.165) is 13.0 Å². The van der Waals surface area contributed by atoms with Gasteiger partial charge in [-0.05, 0) is 6.42 Å². The number of fused-ring (bicyclic) bond motifs is 1. The van der Waals surface area contributed by atoms with Gasteiger partial charge in [-0.1, -0.05) is 6.92 Å². The molecule has 0 aliphatic carbocycles. The Kier molecular flexibility index (Phi) is 2.83. The Morgan fingerprint density at radius 3 is 3.00 bits per heavy atom. The number of carbonyl (C=O) groups is 1. The van der Waals surface area contributed by atoms with E-state index in [1.807, 2.05) is 0 Å². The van der Waals surface area contributed by atoms with Crippen LogP contribution < -0.4 is 0 Å². The summed E-state index contributed by atoms with van der Waals surface area (Å²) in [5, 5.41) is 8.31. The van der Waals surface area contributed by atoms with E-state index < -0.39 is 0 Å². The lowest BCUT2D eigenvalue weighted by molar-refractivity contribution is 0.104. The van der Waals surface area contributed by atoms with Crippen LogP contribution in [0.25, 0.3) is 5.52 Å². The highest BCUT2D eigenvalue weighted by atomic mass is 16.1. The van der Waals surface area contributed by atoms with Crippen LogP contribution in [-0.4, -0.2) is 30.2 Å². The molecule has 0 unspecified atom stereocenters. The van der Waals surface area contributed by atoms with Crippen molar-refractivity contribution in [2.24, 2.45) is 0 Å². The fourth-order valence-electron chi connectivity index (χ4n) is 2.00. The Bertz CT molecular complexity index is 727. The van der Waals surface area contributed by atoms with Crippen LogP contribution in [0.4, 0.5) is 0 Å². The van der Waals surface area contributed by atoms with E-state index in [1.165, 1.54) is 0 Å². The minimum Gasteiger partial charge on any atom is -0.288 e. The first-order chi connectivity index (χ1) is 9.29. The van der Waals surface area contributed by atoms with E-state index in [2.05, 4.69) is 22.1 Å². The van der Waals surface area contributed by atoms with E-state index in [-0.39, 0.29) is 5.78 Å². The number of hydrogen-bond donors (Lipinski definition) is 0. The standard InChI is InChI=1S/C13H13N5O/c1-2-4-17-9-10(6-15-17)13(19)11-7-16-18-5-3-14-8-12(11)18/h3,5-9H,2,4H2,1H3. The third-order valence-corrected chi connectivity index (χ3v) is 2.92. The number of rotatable bonds is 4. The molecule has 0 radical (unpaired) electrons. The zero-order chi connectivity index (χ0) is 13.2. The molecule has 0 fully saturated rings. The van der Waals surface area contributed by atoms with Crippen molar-refractivity contribution < 1.29 is 4.79 Å². The molecular formula is C13H13N5O. The molecule has 0 spiro atoms. The second-order valence-corrected chi connectivity index (χ2v) is 4.29. The fraction of sp³-hybridized carbons (Fsp3) is 0.231. The second kappa shape index (κ2) is 4.64. The molecule has 0 aliphatic rings. The first-order valence-corrected chi connectivity index (χ1v) is 6.14. The lowest BCUT2D eigenvalue weighted by atomic mass is 10.1. The molecule has 0 aliphatic heterocycles. The van der Waals surface area contributed by atoms with E-state index in [9.17, 15) is 4.79 Å². The van der Waals surface area contributed by atoms with Crippen LogP contribution >= 0.6 is 0 Å². The summed E-state index contributed by atoms with van der Waals surface area (Å²) in [6.45, 7) is 2.88. The van der Waals surface area contributed by atoms with Crippen LogP contribution in [0.1, 0.15) is 29.3 Å². The third-order valence-electron chi connectivity index (χ3n) is 2.92. The van der Waals surface area contributed by atoms with Crippen molar-refractivity contribution in [2.75, 3.05) is 0 Å². The number of nitrogens with zero attached hydrogens (tertiary/aromatic N) is 5. The van der Waals surface area contributed by atoms with E-state index >= 15 is 0 Å². The quantitative estimate of drug-likeness (QED) is 0.664. The monoisotopic (exact) mass is 255 g/mol. The highest BCUT2D eigenvalue weighted by Crippen LogP contribution is 2.14. The molecule has 0 amide bonds. The van der Waals surface area contributed by atoms with E-state index in [4.69, 9.17) is 0 Å². The average Bonchev–Trinajstić information content (AvgIpc) is 3.05. The lowest BCUT2D eigenvalue weighted by Gasteiger charge is -1.96. The SMILES string of the molecule is CCCn1cc(C(=O)c2cnn3ccncc23)cn1. The molecule has 0 saturated carbocycles. The fourth-order valence-corrected chi connectivity index (χ4v) is 2.00. The van der Waals surface area contributed by atoms with Crippen molar-refractivity contribution in [3.63, 3.8) is 0 Å². The summed E-state index contributed by atoms with van der Waals surface area (Å²) in [5.41, 5.74) is 1.83. The summed E-state index contributed by atoms with van der Waals surface area (Å²) in [4.78, 5) is 16.4. The number of ketones is 1. The summed E-state index contributed by atoms with van der Waals surface area (Å²) in [6.07, 6.45) is 10.9. The topological polar surface area (TPSA) is 65.1 Å². The van der Waals surface area contributed by atoms with Gasteiger partial charge >= 0.3 is 0 Å². The number of aromatic nitrogens is 5. The number of hydrogen-bond acceptors (Lipinski definition) is 4. The zero-order valence-electron chi connectivity index (χ0n) is 10.5. The molecule has 0 bridgehead atoms. The molecule has 96 valence electrons. The number of carbonyl (C=O) groups excluding carboxylic acids is 1. The van der Waals surface area contributed by atoms with Crippen LogP contribution in [-0.2, 0) is 6.54 Å². The minimum atomic E-state index is -0.0784. The molecule has 0 aromatic carbocycles. The van der Waals surface area contributed by atoms with Crippen molar-refractivity contribution in [3.05, 3.63) is 48.3 Å². The normalized spacial score (nSPS) is 11.0. The number of aryl methyl sites for hydroxylation is 1. The van der Waals surface area contributed by atoms with Gasteiger partial charge in [-0.15, -0.1) is 0 Å². The summed E-state index contributed by atoms with van der Waals surface area (Å²) in [5.74, 6) is -0.0784. The Morgan fingerprint density at radius 2 is 2.16 bits per heavy atom. The molecular weight excluding hydrogens is 242 g/mol. The molecule has 19 heavy (non-hydrogen) atoms. The average molecular weight is 255 g/mol. The van der Waals surface area contributed by atoms with Crippen molar-refractivity contribution in [1.82, 2.24) is 24.4 Å². The van der Waals surface area contributed by atoms with Crippen LogP contribution in [0.3, 0.4) is 0 Å². The Morgan fingerprint density at radius 1 is 1.26 bits per heavy atom. The maximum Gasteiger partial charge on any atom is 0.200 e. The molecule has 3 heterocycles. The molecule has 3 aromatic heterocycles. The van der Waals surface area contributed by atoms with Crippen LogP contribution in [0.2, 0.25) is 0 Å².